The third-order valence-corrected chi connectivity index (χ3v) is 8.38. The van der Waals surface area contributed by atoms with Crippen molar-refractivity contribution < 1.29 is 9.90 Å². The van der Waals surface area contributed by atoms with Crippen LogP contribution in [0.3, 0.4) is 0 Å². The number of para-hydroxylation sites is 1. The molecule has 0 unspecified atom stereocenters. The van der Waals surface area contributed by atoms with Gasteiger partial charge in [-0.3, -0.25) is 9.88 Å². The summed E-state index contributed by atoms with van der Waals surface area (Å²) in [7, 11) is 0. The summed E-state index contributed by atoms with van der Waals surface area (Å²) in [4.78, 5) is 27.8. The lowest BCUT2D eigenvalue weighted by molar-refractivity contribution is 0.0200. The molecule has 0 aliphatic heterocycles. The van der Waals surface area contributed by atoms with E-state index in [2.05, 4.69) is 26.5 Å². The Morgan fingerprint density at radius 3 is 2.57 bits per heavy atom. The van der Waals surface area contributed by atoms with Crippen LogP contribution in [0.25, 0.3) is 33.1 Å². The molecule has 2 bridgehead atoms. The van der Waals surface area contributed by atoms with Gasteiger partial charge in [-0.05, 0) is 65.0 Å². The highest BCUT2D eigenvalue weighted by Crippen LogP contribution is 2.60. The maximum absolute atomic E-state index is 12.5. The van der Waals surface area contributed by atoms with Crippen LogP contribution in [0.5, 0.6) is 0 Å². The summed E-state index contributed by atoms with van der Waals surface area (Å²) in [5.74, 6) is 3.32. The molecule has 3 heterocycles. The summed E-state index contributed by atoms with van der Waals surface area (Å²) in [6.45, 7) is 5.89. The second-order valence-electron chi connectivity index (χ2n) is 11.5. The van der Waals surface area contributed by atoms with Crippen molar-refractivity contribution in [2.75, 3.05) is 5.73 Å². The number of nitrogens with zero attached hydrogens (tertiary/aromatic N) is 5. The number of pyridine rings is 1. The van der Waals surface area contributed by atoms with Gasteiger partial charge in [0.2, 0.25) is 0 Å². The molecule has 8 nitrogen and oxygen atoms in total. The first-order valence-electron chi connectivity index (χ1n) is 12.6. The van der Waals surface area contributed by atoms with E-state index >= 15 is 0 Å². The Bertz CT molecular complexity index is 1620. The van der Waals surface area contributed by atoms with Gasteiger partial charge in [-0.1, -0.05) is 24.1 Å². The van der Waals surface area contributed by atoms with E-state index in [0.29, 0.717) is 23.6 Å². The lowest BCUT2D eigenvalue weighted by Crippen LogP contribution is -2.57. The van der Waals surface area contributed by atoms with Crippen molar-refractivity contribution >= 4 is 33.8 Å². The number of benzene rings is 1. The van der Waals surface area contributed by atoms with E-state index in [1.807, 2.05) is 51.2 Å². The van der Waals surface area contributed by atoms with Gasteiger partial charge in [-0.2, -0.15) is 0 Å². The van der Waals surface area contributed by atoms with Crippen molar-refractivity contribution in [3.63, 3.8) is 0 Å². The monoisotopic (exact) mass is 494 g/mol. The number of rotatable bonds is 3. The maximum Gasteiger partial charge on any atom is 0.408 e. The van der Waals surface area contributed by atoms with E-state index in [-0.39, 0.29) is 5.54 Å². The van der Waals surface area contributed by atoms with Crippen molar-refractivity contribution in [1.29, 1.82) is 0 Å². The molecule has 0 saturated heterocycles. The van der Waals surface area contributed by atoms with Crippen LogP contribution in [0.2, 0.25) is 0 Å². The third kappa shape index (κ3) is 3.23. The van der Waals surface area contributed by atoms with Gasteiger partial charge in [-0.25, -0.2) is 14.8 Å². The average Bonchev–Trinajstić information content (AvgIpc) is 3.51. The summed E-state index contributed by atoms with van der Waals surface area (Å²) >= 11 is 0. The minimum absolute atomic E-state index is 0.359. The van der Waals surface area contributed by atoms with Crippen molar-refractivity contribution in [1.82, 2.24) is 24.4 Å². The number of fused-ring (bicyclic) bond motifs is 4. The van der Waals surface area contributed by atoms with E-state index in [1.54, 1.807) is 4.90 Å². The van der Waals surface area contributed by atoms with Crippen LogP contribution in [-0.2, 0) is 5.54 Å². The normalized spacial score (nSPS) is 23.0. The van der Waals surface area contributed by atoms with Crippen LogP contribution in [0, 0.1) is 12.3 Å². The van der Waals surface area contributed by atoms with E-state index in [9.17, 15) is 9.90 Å². The molecule has 2 fully saturated rings. The molecule has 2 saturated carbocycles. The summed E-state index contributed by atoms with van der Waals surface area (Å²) in [5, 5.41) is 11.9. The van der Waals surface area contributed by atoms with Crippen LogP contribution in [0.1, 0.15) is 58.6 Å². The minimum Gasteiger partial charge on any atom is -0.465 e. The molecule has 3 N–H and O–H groups in total. The van der Waals surface area contributed by atoms with Gasteiger partial charge in [0, 0.05) is 39.3 Å². The average molecular weight is 495 g/mol. The smallest absolute Gasteiger partial charge is 0.408 e. The number of carbonyl (C=O) groups is 1. The number of carboxylic acid groups (broad SMARTS) is 1. The fourth-order valence-corrected chi connectivity index (χ4v) is 7.18. The van der Waals surface area contributed by atoms with Crippen LogP contribution >= 0.6 is 0 Å². The second kappa shape index (κ2) is 7.69. The fourth-order valence-electron chi connectivity index (χ4n) is 7.18. The summed E-state index contributed by atoms with van der Waals surface area (Å²) < 4.78 is 2.17. The summed E-state index contributed by atoms with van der Waals surface area (Å²) in [5.41, 5.74) is 9.08. The number of amides is 1. The van der Waals surface area contributed by atoms with E-state index < -0.39 is 17.2 Å². The molecule has 1 aromatic carbocycles. The van der Waals surface area contributed by atoms with Crippen LogP contribution in [0.15, 0.2) is 42.9 Å². The Morgan fingerprint density at radius 2 is 1.89 bits per heavy atom. The highest BCUT2D eigenvalue weighted by atomic mass is 16.4. The quantitative estimate of drug-likeness (QED) is 0.369. The Hall–Kier alpha value is -4.12. The van der Waals surface area contributed by atoms with Crippen LogP contribution in [-0.4, -0.2) is 46.7 Å². The highest BCUT2D eigenvalue weighted by Gasteiger charge is 2.61. The van der Waals surface area contributed by atoms with Crippen LogP contribution in [0.4, 0.5) is 10.6 Å². The Kier molecular flexibility index (Phi) is 4.84. The minimum atomic E-state index is -0.880. The molecular weight excluding hydrogens is 464 g/mol. The van der Waals surface area contributed by atoms with Gasteiger partial charge in [0.1, 0.15) is 23.5 Å². The Labute approximate surface area is 215 Å². The van der Waals surface area contributed by atoms with Gasteiger partial charge in [0.15, 0.2) is 0 Å². The zero-order chi connectivity index (χ0) is 26.2. The topological polar surface area (TPSA) is 110 Å². The van der Waals surface area contributed by atoms with Crippen molar-refractivity contribution in [3.05, 3.63) is 48.5 Å². The molecule has 0 spiro atoms. The van der Waals surface area contributed by atoms with Gasteiger partial charge in [-0.15, -0.1) is 6.42 Å². The number of terminal acetylenes is 1. The predicted octanol–water partition coefficient (Wildman–Crippen LogP) is 5.40. The van der Waals surface area contributed by atoms with E-state index in [4.69, 9.17) is 17.1 Å². The van der Waals surface area contributed by atoms with Crippen LogP contribution < -0.4 is 5.73 Å². The summed E-state index contributed by atoms with van der Waals surface area (Å²) in [6, 6.07) is 10.0. The SMILES string of the molecule is C#Cc1c(-c2cnc3ccccc3c2)c2c(N)ncnc2n1C12CCC(N(C(=O)O)C(C)(C)C)(CC1)C2. The lowest BCUT2D eigenvalue weighted by atomic mass is 9.87. The molecule has 0 radical (unpaired) electrons. The Balaban J connectivity index is 1.58. The first-order chi connectivity index (χ1) is 17.6. The zero-order valence-electron chi connectivity index (χ0n) is 21.3. The van der Waals surface area contributed by atoms with E-state index in [1.165, 1.54) is 6.33 Å². The highest BCUT2D eigenvalue weighted by molar-refractivity contribution is 6.04. The molecule has 188 valence electrons. The molecule has 3 aromatic heterocycles. The zero-order valence-corrected chi connectivity index (χ0v) is 21.3. The fraction of sp³-hybridized carbons (Fsp3) is 0.379. The molecular formula is C29H30N6O2. The van der Waals surface area contributed by atoms with E-state index in [0.717, 1.165) is 53.1 Å². The largest absolute Gasteiger partial charge is 0.465 e. The van der Waals surface area contributed by atoms with Crippen molar-refractivity contribution in [2.24, 2.45) is 0 Å². The molecule has 2 aliphatic carbocycles. The van der Waals surface area contributed by atoms with Crippen molar-refractivity contribution in [2.45, 2.75) is 69.5 Å². The lowest BCUT2D eigenvalue weighted by Gasteiger charge is -2.46. The number of anilines is 1. The summed E-state index contributed by atoms with van der Waals surface area (Å²) in [6.07, 6.45) is 12.5. The number of nitrogen functional groups attached to an aromatic ring is 1. The number of nitrogens with two attached hydrogens (primary N) is 1. The standard InChI is InChI=1S/C29H30N6O2/c1-5-21-22(19-14-18-8-6-7-9-20(18)31-15-19)23-24(30)32-17-33-25(23)34(21)28-10-12-29(16-28,13-11-28)35(26(36)37)27(2,3)4/h1,6-9,14-15,17H,10-13,16H2,2-4H3,(H,36,37)(H2,30,32,33). The molecule has 0 atom stereocenters. The molecule has 4 aromatic rings. The Morgan fingerprint density at radius 1 is 1.16 bits per heavy atom. The number of hydrogen-bond acceptors (Lipinski definition) is 5. The predicted molar refractivity (Wildman–Crippen MR) is 144 cm³/mol. The van der Waals surface area contributed by atoms with Gasteiger partial charge < -0.3 is 15.4 Å². The van der Waals surface area contributed by atoms with Gasteiger partial charge >= 0.3 is 6.09 Å². The maximum atomic E-state index is 12.5. The van der Waals surface area contributed by atoms with Crippen molar-refractivity contribution in [3.8, 4) is 23.5 Å². The molecule has 37 heavy (non-hydrogen) atoms. The first-order valence-corrected chi connectivity index (χ1v) is 12.6. The molecule has 1 amide bonds. The molecule has 8 heteroatoms. The van der Waals surface area contributed by atoms with Gasteiger partial charge in [0.25, 0.3) is 0 Å². The number of hydrogen-bond donors (Lipinski definition) is 2. The van der Waals surface area contributed by atoms with Gasteiger partial charge in [0.05, 0.1) is 10.9 Å². The number of aromatic nitrogens is 4. The molecule has 2 aliphatic rings. The first kappa shape index (κ1) is 23.3. The molecule has 6 rings (SSSR count). The second-order valence-corrected chi connectivity index (χ2v) is 11.5. The third-order valence-electron chi connectivity index (χ3n) is 8.38.